The first kappa shape index (κ1) is 22.2. The Morgan fingerprint density at radius 3 is 2.47 bits per heavy atom. The van der Waals surface area contributed by atoms with Gasteiger partial charge in [-0.1, -0.05) is 42.0 Å². The highest BCUT2D eigenvalue weighted by molar-refractivity contribution is 5.79. The number of carbonyl (C=O) groups is 1. The van der Waals surface area contributed by atoms with E-state index in [4.69, 9.17) is 9.72 Å². The average molecular weight is 435 g/mol. The van der Waals surface area contributed by atoms with Gasteiger partial charge in [0.15, 0.2) is 0 Å². The molecule has 1 aromatic heterocycles. The van der Waals surface area contributed by atoms with E-state index in [9.17, 15) is 4.79 Å². The van der Waals surface area contributed by atoms with Crippen molar-refractivity contribution in [3.63, 3.8) is 0 Å². The number of hydrogen-bond donors (Lipinski definition) is 1. The van der Waals surface area contributed by atoms with Gasteiger partial charge in [0, 0.05) is 19.6 Å². The van der Waals surface area contributed by atoms with E-state index in [-0.39, 0.29) is 6.09 Å². The largest absolute Gasteiger partial charge is 0.444 e. The molecule has 0 saturated carbocycles. The predicted octanol–water partition coefficient (Wildman–Crippen LogP) is 5.13. The number of nitrogens with one attached hydrogen (secondary N) is 1. The third-order valence-corrected chi connectivity index (χ3v) is 5.93. The number of nitrogens with zero attached hydrogens (tertiary/aromatic N) is 3. The summed E-state index contributed by atoms with van der Waals surface area (Å²) in [4.78, 5) is 19.3. The Morgan fingerprint density at radius 2 is 1.78 bits per heavy atom. The number of piperidine rings is 1. The molecule has 2 heterocycles. The number of hydrogen-bond acceptors (Lipinski definition) is 4. The van der Waals surface area contributed by atoms with Crippen molar-refractivity contribution in [2.75, 3.05) is 24.5 Å². The highest BCUT2D eigenvalue weighted by Crippen LogP contribution is 2.28. The molecule has 4 rings (SSSR count). The number of aromatic nitrogens is 2. The van der Waals surface area contributed by atoms with Gasteiger partial charge in [-0.15, -0.1) is 0 Å². The lowest BCUT2D eigenvalue weighted by Gasteiger charge is -2.33. The van der Waals surface area contributed by atoms with Gasteiger partial charge in [0.25, 0.3) is 0 Å². The fourth-order valence-corrected chi connectivity index (χ4v) is 4.22. The summed E-state index contributed by atoms with van der Waals surface area (Å²) in [6.07, 6.45) is 1.70. The van der Waals surface area contributed by atoms with Gasteiger partial charge in [-0.25, -0.2) is 9.78 Å². The van der Waals surface area contributed by atoms with E-state index in [1.54, 1.807) is 0 Å². The fourth-order valence-electron chi connectivity index (χ4n) is 4.22. The molecule has 0 spiro atoms. The molecular formula is C26H34N4O2. The van der Waals surface area contributed by atoms with Crippen LogP contribution >= 0.6 is 0 Å². The van der Waals surface area contributed by atoms with Gasteiger partial charge in [-0.2, -0.15) is 0 Å². The Hall–Kier alpha value is -3.02. The average Bonchev–Trinajstić information content (AvgIpc) is 3.11. The van der Waals surface area contributed by atoms with Gasteiger partial charge in [-0.3, -0.25) is 0 Å². The van der Waals surface area contributed by atoms with Crippen LogP contribution in [0.15, 0.2) is 48.5 Å². The Kier molecular flexibility index (Phi) is 6.40. The number of para-hydroxylation sites is 2. The van der Waals surface area contributed by atoms with Gasteiger partial charge in [0.05, 0.1) is 17.6 Å². The molecule has 1 amide bonds. The van der Waals surface area contributed by atoms with Crippen LogP contribution in [0, 0.1) is 12.8 Å². The molecule has 1 fully saturated rings. The van der Waals surface area contributed by atoms with E-state index in [1.807, 2.05) is 26.8 Å². The minimum absolute atomic E-state index is 0.333. The zero-order valence-corrected chi connectivity index (χ0v) is 19.6. The molecule has 32 heavy (non-hydrogen) atoms. The molecule has 0 radical (unpaired) electrons. The zero-order valence-electron chi connectivity index (χ0n) is 19.6. The van der Waals surface area contributed by atoms with Gasteiger partial charge in [0.1, 0.15) is 5.60 Å². The summed E-state index contributed by atoms with van der Waals surface area (Å²) >= 11 is 0. The van der Waals surface area contributed by atoms with Gasteiger partial charge in [-0.05, 0) is 64.2 Å². The fraction of sp³-hybridized carbons (Fsp3) is 0.462. The second-order valence-corrected chi connectivity index (χ2v) is 9.79. The summed E-state index contributed by atoms with van der Waals surface area (Å²) in [7, 11) is 0. The van der Waals surface area contributed by atoms with Crippen molar-refractivity contribution in [3.8, 4) is 0 Å². The lowest BCUT2D eigenvalue weighted by Crippen LogP contribution is -2.41. The van der Waals surface area contributed by atoms with Crippen LogP contribution in [0.25, 0.3) is 11.0 Å². The SMILES string of the molecule is Cc1ccc(Cn2c(N3CCC(CNC(=O)OC(C)(C)C)CC3)nc3ccccc32)cc1. The summed E-state index contributed by atoms with van der Waals surface area (Å²) in [5, 5.41) is 2.93. The normalized spacial score (nSPS) is 15.2. The molecule has 1 aliphatic heterocycles. The lowest BCUT2D eigenvalue weighted by atomic mass is 9.97. The predicted molar refractivity (Wildman–Crippen MR) is 129 cm³/mol. The molecule has 1 N–H and O–H groups in total. The van der Waals surface area contributed by atoms with Crippen LogP contribution in [-0.2, 0) is 11.3 Å². The number of ether oxygens (including phenoxy) is 1. The van der Waals surface area contributed by atoms with Crippen molar-refractivity contribution in [2.24, 2.45) is 5.92 Å². The molecule has 3 aromatic rings. The van der Waals surface area contributed by atoms with E-state index >= 15 is 0 Å². The van der Waals surface area contributed by atoms with E-state index < -0.39 is 5.60 Å². The van der Waals surface area contributed by atoms with Crippen LogP contribution in [0.2, 0.25) is 0 Å². The third-order valence-electron chi connectivity index (χ3n) is 5.93. The highest BCUT2D eigenvalue weighted by Gasteiger charge is 2.25. The second kappa shape index (κ2) is 9.23. The number of imidazole rings is 1. The van der Waals surface area contributed by atoms with Crippen molar-refractivity contribution < 1.29 is 9.53 Å². The minimum Gasteiger partial charge on any atom is -0.444 e. The molecule has 170 valence electrons. The summed E-state index contributed by atoms with van der Waals surface area (Å²) in [5.41, 5.74) is 4.27. The zero-order chi connectivity index (χ0) is 22.7. The van der Waals surface area contributed by atoms with Crippen molar-refractivity contribution in [1.29, 1.82) is 0 Å². The second-order valence-electron chi connectivity index (χ2n) is 9.79. The van der Waals surface area contributed by atoms with Crippen molar-refractivity contribution in [2.45, 2.75) is 52.7 Å². The van der Waals surface area contributed by atoms with Gasteiger partial charge in [0.2, 0.25) is 5.95 Å². The number of alkyl carbamates (subject to hydrolysis) is 1. The first-order chi connectivity index (χ1) is 15.3. The Morgan fingerprint density at radius 1 is 1.09 bits per heavy atom. The molecule has 6 heteroatoms. The Labute approximate surface area is 190 Å². The van der Waals surface area contributed by atoms with E-state index in [1.165, 1.54) is 11.1 Å². The standard InChI is InChI=1S/C26H34N4O2/c1-19-9-11-21(12-10-19)18-30-23-8-6-5-7-22(23)28-24(30)29-15-13-20(14-16-29)17-27-25(31)32-26(2,3)4/h5-12,20H,13-18H2,1-4H3,(H,27,31). The molecule has 0 aliphatic carbocycles. The summed E-state index contributed by atoms with van der Waals surface area (Å²) in [6.45, 7) is 11.1. The maximum Gasteiger partial charge on any atom is 0.407 e. The van der Waals surface area contributed by atoms with Crippen LogP contribution in [0.3, 0.4) is 0 Å². The van der Waals surface area contributed by atoms with Crippen molar-refractivity contribution >= 4 is 23.1 Å². The van der Waals surface area contributed by atoms with Gasteiger partial charge >= 0.3 is 6.09 Å². The number of fused-ring (bicyclic) bond motifs is 1. The van der Waals surface area contributed by atoms with E-state index in [0.717, 1.165) is 49.5 Å². The van der Waals surface area contributed by atoms with Crippen LogP contribution < -0.4 is 10.2 Å². The van der Waals surface area contributed by atoms with Crippen LogP contribution in [-0.4, -0.2) is 40.9 Å². The van der Waals surface area contributed by atoms with Crippen molar-refractivity contribution in [3.05, 3.63) is 59.7 Å². The van der Waals surface area contributed by atoms with Crippen LogP contribution in [0.5, 0.6) is 0 Å². The number of aryl methyl sites for hydroxylation is 1. The lowest BCUT2D eigenvalue weighted by molar-refractivity contribution is 0.0516. The summed E-state index contributed by atoms with van der Waals surface area (Å²) in [6, 6.07) is 17.1. The van der Waals surface area contributed by atoms with E-state index in [0.29, 0.717) is 12.5 Å². The quantitative estimate of drug-likeness (QED) is 0.604. The first-order valence-electron chi connectivity index (χ1n) is 11.5. The summed E-state index contributed by atoms with van der Waals surface area (Å²) < 4.78 is 7.69. The third kappa shape index (κ3) is 5.42. The maximum absolute atomic E-state index is 12.0. The van der Waals surface area contributed by atoms with Crippen LogP contribution in [0.1, 0.15) is 44.7 Å². The van der Waals surface area contributed by atoms with Crippen molar-refractivity contribution in [1.82, 2.24) is 14.9 Å². The number of amides is 1. The molecule has 0 atom stereocenters. The molecule has 1 aliphatic rings. The monoisotopic (exact) mass is 434 g/mol. The maximum atomic E-state index is 12.0. The number of benzene rings is 2. The molecule has 0 bridgehead atoms. The molecular weight excluding hydrogens is 400 g/mol. The highest BCUT2D eigenvalue weighted by atomic mass is 16.6. The minimum atomic E-state index is -0.468. The smallest absolute Gasteiger partial charge is 0.407 e. The Balaban J connectivity index is 1.44. The Bertz CT molecular complexity index is 1060. The number of carbonyl (C=O) groups excluding carboxylic acids is 1. The topological polar surface area (TPSA) is 59.4 Å². The molecule has 6 nitrogen and oxygen atoms in total. The van der Waals surface area contributed by atoms with Gasteiger partial charge < -0.3 is 19.5 Å². The van der Waals surface area contributed by atoms with E-state index in [2.05, 4.69) is 64.2 Å². The van der Waals surface area contributed by atoms with Crippen LogP contribution in [0.4, 0.5) is 10.7 Å². The molecule has 0 unspecified atom stereocenters. The summed E-state index contributed by atoms with van der Waals surface area (Å²) in [5.74, 6) is 1.49. The first-order valence-corrected chi connectivity index (χ1v) is 11.5. The molecule has 1 saturated heterocycles. The number of rotatable bonds is 5. The number of anilines is 1. The molecule has 2 aromatic carbocycles.